The van der Waals surface area contributed by atoms with Crippen molar-refractivity contribution in [3.8, 4) is 0 Å². The summed E-state index contributed by atoms with van der Waals surface area (Å²) in [6.45, 7) is 6.21. The van der Waals surface area contributed by atoms with Gasteiger partial charge in [-0.1, -0.05) is 13.0 Å². The summed E-state index contributed by atoms with van der Waals surface area (Å²) in [5.74, 6) is -0.281. The molecule has 0 radical (unpaired) electrons. The molecule has 0 aromatic carbocycles. The summed E-state index contributed by atoms with van der Waals surface area (Å²) in [6.07, 6.45) is 2.32. The van der Waals surface area contributed by atoms with Gasteiger partial charge in [-0.3, -0.25) is 9.59 Å². The number of esters is 1. The predicted octanol–water partition coefficient (Wildman–Crippen LogP) is 0.974. The lowest BCUT2D eigenvalue weighted by atomic mass is 10.3. The fraction of sp³-hybridized carbons (Fsp3) is 0.600. The van der Waals surface area contributed by atoms with Crippen LogP contribution in [0.25, 0.3) is 0 Å². The third kappa shape index (κ3) is 4.64. The van der Waals surface area contributed by atoms with Crippen LogP contribution in [0.2, 0.25) is 0 Å². The minimum atomic E-state index is -0.303. The van der Waals surface area contributed by atoms with Crippen LogP contribution >= 0.6 is 0 Å². The summed E-state index contributed by atoms with van der Waals surface area (Å²) in [5, 5.41) is 0. The molecule has 0 spiro atoms. The molecular weight excluding hydrogens is 182 g/mol. The number of amides is 1. The number of rotatable bonds is 6. The largest absolute Gasteiger partial charge is 0.469 e. The summed E-state index contributed by atoms with van der Waals surface area (Å²) < 4.78 is 4.49. The van der Waals surface area contributed by atoms with Gasteiger partial charge in [0.2, 0.25) is 5.91 Å². The molecule has 0 N–H and O–H groups in total. The Morgan fingerprint density at radius 2 is 2.14 bits per heavy atom. The third-order valence-corrected chi connectivity index (χ3v) is 1.82. The molecule has 0 aliphatic heterocycles. The highest BCUT2D eigenvalue weighted by Crippen LogP contribution is 1.97. The Kier molecular flexibility index (Phi) is 6.45. The van der Waals surface area contributed by atoms with Crippen molar-refractivity contribution in [3.63, 3.8) is 0 Å². The highest BCUT2D eigenvalue weighted by molar-refractivity contribution is 5.77. The van der Waals surface area contributed by atoms with Crippen molar-refractivity contribution in [2.75, 3.05) is 20.2 Å². The van der Waals surface area contributed by atoms with Crippen LogP contribution in [0.1, 0.15) is 19.8 Å². The molecule has 0 heterocycles. The molecule has 4 nitrogen and oxygen atoms in total. The number of ether oxygens (including phenoxy) is 1. The maximum atomic E-state index is 11.3. The lowest BCUT2D eigenvalue weighted by Gasteiger charge is -2.19. The molecule has 0 aliphatic carbocycles. The highest BCUT2D eigenvalue weighted by Gasteiger charge is 2.11. The van der Waals surface area contributed by atoms with Gasteiger partial charge in [-0.15, -0.1) is 6.58 Å². The number of carbonyl (C=O) groups excluding carboxylic acids is 2. The minimum Gasteiger partial charge on any atom is -0.469 e. The molecule has 1 amide bonds. The number of hydrogen-bond donors (Lipinski definition) is 0. The summed E-state index contributed by atoms with van der Waals surface area (Å²) in [5.41, 5.74) is 0. The van der Waals surface area contributed by atoms with Crippen LogP contribution in [-0.4, -0.2) is 37.0 Å². The van der Waals surface area contributed by atoms with Gasteiger partial charge in [-0.2, -0.15) is 0 Å². The fourth-order valence-corrected chi connectivity index (χ4v) is 1.03. The van der Waals surface area contributed by atoms with E-state index in [2.05, 4.69) is 11.3 Å². The van der Waals surface area contributed by atoms with E-state index in [9.17, 15) is 9.59 Å². The molecule has 0 unspecified atom stereocenters. The zero-order valence-electron chi connectivity index (χ0n) is 8.78. The van der Waals surface area contributed by atoms with Crippen LogP contribution in [0.15, 0.2) is 12.7 Å². The van der Waals surface area contributed by atoms with Crippen molar-refractivity contribution in [2.45, 2.75) is 19.8 Å². The number of hydrogen-bond acceptors (Lipinski definition) is 3. The van der Waals surface area contributed by atoms with E-state index in [0.717, 1.165) is 0 Å². The van der Waals surface area contributed by atoms with Gasteiger partial charge in [-0.05, 0) is 0 Å². The lowest BCUT2D eigenvalue weighted by Crippen LogP contribution is -2.32. The summed E-state index contributed by atoms with van der Waals surface area (Å²) in [7, 11) is 1.34. The van der Waals surface area contributed by atoms with Crippen molar-refractivity contribution in [2.24, 2.45) is 0 Å². The van der Waals surface area contributed by atoms with Gasteiger partial charge in [0, 0.05) is 19.5 Å². The van der Waals surface area contributed by atoms with Gasteiger partial charge in [0.1, 0.15) is 0 Å². The van der Waals surface area contributed by atoms with Crippen LogP contribution in [0.5, 0.6) is 0 Å². The van der Waals surface area contributed by atoms with E-state index in [1.807, 2.05) is 0 Å². The first-order valence-corrected chi connectivity index (χ1v) is 4.61. The van der Waals surface area contributed by atoms with Crippen LogP contribution in [0.4, 0.5) is 0 Å². The Hall–Kier alpha value is -1.32. The van der Waals surface area contributed by atoms with Gasteiger partial charge in [-0.25, -0.2) is 0 Å². The molecule has 0 rings (SSSR count). The zero-order chi connectivity index (χ0) is 11.0. The molecule has 4 heteroatoms. The normalized spacial score (nSPS) is 9.29. The van der Waals surface area contributed by atoms with Crippen molar-refractivity contribution >= 4 is 11.9 Å². The molecular formula is C10H17NO3. The Morgan fingerprint density at radius 3 is 2.57 bits per heavy atom. The van der Waals surface area contributed by atoms with Crippen LogP contribution in [0.3, 0.4) is 0 Å². The summed E-state index contributed by atoms with van der Waals surface area (Å²) >= 11 is 0. The fourth-order valence-electron chi connectivity index (χ4n) is 1.03. The topological polar surface area (TPSA) is 46.6 Å². The maximum absolute atomic E-state index is 11.3. The van der Waals surface area contributed by atoms with Gasteiger partial charge < -0.3 is 9.64 Å². The molecule has 14 heavy (non-hydrogen) atoms. The number of nitrogens with zero attached hydrogens (tertiary/aromatic N) is 1. The van der Waals surface area contributed by atoms with E-state index in [-0.39, 0.29) is 18.3 Å². The monoisotopic (exact) mass is 199 g/mol. The standard InChI is InChI=1S/C10H17NO3/c1-4-7-11(9(12)5-2)8-6-10(13)14-3/h4H,1,5-8H2,2-3H3. The van der Waals surface area contributed by atoms with Crippen molar-refractivity contribution in [3.05, 3.63) is 12.7 Å². The highest BCUT2D eigenvalue weighted by atomic mass is 16.5. The van der Waals surface area contributed by atoms with Gasteiger partial charge in [0.15, 0.2) is 0 Å². The van der Waals surface area contributed by atoms with Crippen molar-refractivity contribution < 1.29 is 14.3 Å². The van der Waals surface area contributed by atoms with Gasteiger partial charge >= 0.3 is 5.97 Å². The lowest BCUT2D eigenvalue weighted by molar-refractivity contribution is -0.141. The molecule has 0 aromatic rings. The number of carbonyl (C=O) groups is 2. The molecule has 0 aromatic heterocycles. The van der Waals surface area contributed by atoms with E-state index in [1.54, 1.807) is 17.9 Å². The first kappa shape index (κ1) is 12.7. The second kappa shape index (κ2) is 7.12. The predicted molar refractivity (Wildman–Crippen MR) is 53.7 cm³/mol. The maximum Gasteiger partial charge on any atom is 0.307 e. The van der Waals surface area contributed by atoms with E-state index >= 15 is 0 Å². The second-order valence-electron chi connectivity index (χ2n) is 2.81. The first-order chi connectivity index (χ1) is 6.65. The Morgan fingerprint density at radius 1 is 1.50 bits per heavy atom. The van der Waals surface area contributed by atoms with Crippen LogP contribution < -0.4 is 0 Å². The molecule has 80 valence electrons. The minimum absolute atomic E-state index is 0.0220. The zero-order valence-corrected chi connectivity index (χ0v) is 8.78. The Bertz CT molecular complexity index is 213. The van der Waals surface area contributed by atoms with Crippen LogP contribution in [-0.2, 0) is 14.3 Å². The van der Waals surface area contributed by atoms with Gasteiger partial charge in [0.05, 0.1) is 13.5 Å². The Balaban J connectivity index is 4.02. The quantitative estimate of drug-likeness (QED) is 0.473. The average Bonchev–Trinajstić information content (AvgIpc) is 2.22. The van der Waals surface area contributed by atoms with E-state index in [4.69, 9.17) is 0 Å². The molecule has 0 fully saturated rings. The molecule has 0 saturated heterocycles. The molecule has 0 saturated carbocycles. The molecule has 0 bridgehead atoms. The first-order valence-electron chi connectivity index (χ1n) is 4.61. The van der Waals surface area contributed by atoms with E-state index in [0.29, 0.717) is 19.5 Å². The molecule has 0 atom stereocenters. The Labute approximate surface area is 84.5 Å². The van der Waals surface area contributed by atoms with Crippen LogP contribution in [0, 0.1) is 0 Å². The number of methoxy groups -OCH3 is 1. The van der Waals surface area contributed by atoms with Crippen molar-refractivity contribution in [1.29, 1.82) is 0 Å². The van der Waals surface area contributed by atoms with Crippen molar-refractivity contribution in [1.82, 2.24) is 4.90 Å². The summed E-state index contributed by atoms with van der Waals surface area (Å²) in [6, 6.07) is 0. The third-order valence-electron chi connectivity index (χ3n) is 1.82. The SMILES string of the molecule is C=CCN(CCC(=O)OC)C(=O)CC. The van der Waals surface area contributed by atoms with E-state index in [1.165, 1.54) is 7.11 Å². The smallest absolute Gasteiger partial charge is 0.307 e. The van der Waals surface area contributed by atoms with E-state index < -0.39 is 0 Å². The molecule has 0 aliphatic rings. The van der Waals surface area contributed by atoms with Gasteiger partial charge in [0.25, 0.3) is 0 Å². The second-order valence-corrected chi connectivity index (χ2v) is 2.81. The average molecular weight is 199 g/mol. The summed E-state index contributed by atoms with van der Waals surface area (Å²) in [4.78, 5) is 23.8.